The molecule has 0 radical (unpaired) electrons. The van der Waals surface area contributed by atoms with Crippen molar-refractivity contribution in [2.24, 2.45) is 0 Å². The predicted molar refractivity (Wildman–Crippen MR) is 70.9 cm³/mol. The van der Waals surface area contributed by atoms with Crippen LogP contribution in [0, 0.1) is 0 Å². The first-order valence-electron chi connectivity index (χ1n) is 5.89. The number of hydrogen-bond acceptors (Lipinski definition) is 4. The summed E-state index contributed by atoms with van der Waals surface area (Å²) in [5.74, 6) is 0. The molecule has 0 saturated heterocycles. The van der Waals surface area contributed by atoms with E-state index >= 15 is 0 Å². The zero-order valence-electron chi connectivity index (χ0n) is 11.1. The van der Waals surface area contributed by atoms with Gasteiger partial charge in [0, 0.05) is 50.6 Å². The molecule has 0 bridgehead atoms. The zero-order chi connectivity index (χ0) is 12.3. The Bertz CT molecular complexity index is 145. The normalized spacial score (nSPS) is 12.8. The second kappa shape index (κ2) is 10.4. The number of rotatable bonds is 11. The molecule has 0 amide bonds. The number of hydrogen-bond donors (Lipinski definition) is 0. The van der Waals surface area contributed by atoms with Crippen LogP contribution in [-0.2, 0) is 18.0 Å². The molecule has 0 saturated carbocycles. The maximum atomic E-state index is 5.37. The summed E-state index contributed by atoms with van der Waals surface area (Å²) in [5, 5.41) is 0. The van der Waals surface area contributed by atoms with E-state index in [2.05, 4.69) is 0 Å². The summed E-state index contributed by atoms with van der Waals surface area (Å²) in [4.78, 5) is 0. The van der Waals surface area contributed by atoms with E-state index in [0.29, 0.717) is 0 Å². The Kier molecular flexibility index (Phi) is 10.6. The first kappa shape index (κ1) is 16.3. The Labute approximate surface area is 103 Å². The Morgan fingerprint density at radius 2 is 1.44 bits per heavy atom. The van der Waals surface area contributed by atoms with Crippen molar-refractivity contribution in [3.63, 3.8) is 0 Å². The van der Waals surface area contributed by atoms with Gasteiger partial charge in [0.25, 0.3) is 0 Å². The molecule has 0 spiro atoms. The molecule has 0 atom stereocenters. The largest absolute Gasteiger partial charge is 0.500 e. The van der Waals surface area contributed by atoms with Crippen molar-refractivity contribution in [1.29, 1.82) is 0 Å². The molecule has 0 N–H and O–H groups in total. The number of methoxy groups -OCH3 is 1. The van der Waals surface area contributed by atoms with Gasteiger partial charge in [-0.1, -0.05) is 18.5 Å². The van der Waals surface area contributed by atoms with Crippen LogP contribution in [0.3, 0.4) is 0 Å². The van der Waals surface area contributed by atoms with Crippen molar-refractivity contribution in [3.8, 4) is 0 Å². The molecule has 4 nitrogen and oxygen atoms in total. The summed E-state index contributed by atoms with van der Waals surface area (Å²) >= 11 is 0. The van der Waals surface area contributed by atoms with E-state index in [0.717, 1.165) is 12.7 Å². The van der Waals surface area contributed by atoms with Crippen LogP contribution in [0.1, 0.15) is 12.8 Å². The van der Waals surface area contributed by atoms with Crippen molar-refractivity contribution in [3.05, 3.63) is 0 Å². The van der Waals surface area contributed by atoms with Gasteiger partial charge in [0.15, 0.2) is 0 Å². The van der Waals surface area contributed by atoms with Crippen molar-refractivity contribution in [1.82, 2.24) is 0 Å². The second-order valence-electron chi connectivity index (χ2n) is 3.81. The quantitative estimate of drug-likeness (QED) is 0.417. The third-order valence-electron chi connectivity index (χ3n) is 2.76. The summed E-state index contributed by atoms with van der Waals surface area (Å²) in [7, 11) is 4.57. The number of ether oxygens (including phenoxy) is 1. The monoisotopic (exact) mass is 266 g/mol. The molecule has 6 heteroatoms. The molecule has 0 aromatic carbocycles. The van der Waals surface area contributed by atoms with E-state index in [4.69, 9.17) is 18.0 Å². The third-order valence-corrected chi connectivity index (χ3v) is 7.60. The standard InChI is InChI=1S/C10H26O4Si2/c1-11-7-5-8-15-9-6-10-16(12-2,13-3)14-4/h5-10,15H2,1-4H3. The Morgan fingerprint density at radius 1 is 0.875 bits per heavy atom. The molecule has 0 heterocycles. The lowest BCUT2D eigenvalue weighted by atomic mass is 10.5. The van der Waals surface area contributed by atoms with Gasteiger partial charge in [0.2, 0.25) is 0 Å². The minimum Gasteiger partial charge on any atom is -0.385 e. The van der Waals surface area contributed by atoms with Gasteiger partial charge in [0.1, 0.15) is 0 Å². The van der Waals surface area contributed by atoms with Crippen molar-refractivity contribution in [2.45, 2.75) is 31.0 Å². The summed E-state index contributed by atoms with van der Waals surface area (Å²) in [6.07, 6.45) is 2.38. The summed E-state index contributed by atoms with van der Waals surface area (Å²) in [5.41, 5.74) is 0. The average molecular weight is 266 g/mol. The first-order chi connectivity index (χ1) is 7.74. The maximum absolute atomic E-state index is 5.37. The van der Waals surface area contributed by atoms with Crippen LogP contribution in [0.4, 0.5) is 0 Å². The molecular weight excluding hydrogens is 240 g/mol. The van der Waals surface area contributed by atoms with Gasteiger partial charge in [-0.05, 0) is 6.42 Å². The van der Waals surface area contributed by atoms with Gasteiger partial charge in [-0.2, -0.15) is 0 Å². The first-order valence-corrected chi connectivity index (χ1v) is 9.82. The highest BCUT2D eigenvalue weighted by molar-refractivity contribution is 6.60. The maximum Gasteiger partial charge on any atom is 0.500 e. The van der Waals surface area contributed by atoms with Gasteiger partial charge >= 0.3 is 8.80 Å². The lowest BCUT2D eigenvalue weighted by Gasteiger charge is -2.24. The van der Waals surface area contributed by atoms with Crippen molar-refractivity contribution >= 4 is 18.3 Å². The molecule has 0 rings (SSSR count). The van der Waals surface area contributed by atoms with Crippen LogP contribution in [0.5, 0.6) is 0 Å². The van der Waals surface area contributed by atoms with E-state index in [-0.39, 0.29) is 9.52 Å². The SMILES string of the molecule is COCCC[SiH2]CCC[Si](OC)(OC)OC. The fourth-order valence-corrected chi connectivity index (χ4v) is 5.48. The average Bonchev–Trinajstić information content (AvgIpc) is 2.34. The van der Waals surface area contributed by atoms with Crippen molar-refractivity contribution < 1.29 is 18.0 Å². The van der Waals surface area contributed by atoms with Gasteiger partial charge in [-0.25, -0.2) is 0 Å². The molecule has 0 aliphatic rings. The van der Waals surface area contributed by atoms with Crippen LogP contribution in [-0.4, -0.2) is 53.4 Å². The Balaban J connectivity index is 3.48. The minimum atomic E-state index is -2.30. The predicted octanol–water partition coefficient (Wildman–Crippen LogP) is 1.30. The second-order valence-corrected chi connectivity index (χ2v) is 9.02. The fourth-order valence-electron chi connectivity index (χ4n) is 1.67. The van der Waals surface area contributed by atoms with Gasteiger partial charge in [-0.3, -0.25) is 0 Å². The molecule has 0 unspecified atom stereocenters. The highest BCUT2D eigenvalue weighted by Gasteiger charge is 2.36. The van der Waals surface area contributed by atoms with Gasteiger partial charge in [-0.15, -0.1) is 0 Å². The minimum absolute atomic E-state index is 0.0746. The molecule has 0 aliphatic carbocycles. The summed E-state index contributed by atoms with van der Waals surface area (Å²) in [6.45, 7) is 0.903. The summed E-state index contributed by atoms with van der Waals surface area (Å²) < 4.78 is 21.1. The van der Waals surface area contributed by atoms with Crippen molar-refractivity contribution in [2.75, 3.05) is 35.0 Å². The molecule has 0 fully saturated rings. The van der Waals surface area contributed by atoms with Gasteiger partial charge < -0.3 is 18.0 Å². The molecule has 16 heavy (non-hydrogen) atoms. The lowest BCUT2D eigenvalue weighted by molar-refractivity contribution is 0.123. The topological polar surface area (TPSA) is 36.9 Å². The molecular formula is C10H26O4Si2. The van der Waals surface area contributed by atoms with Crippen LogP contribution >= 0.6 is 0 Å². The Hall–Kier alpha value is 0.274. The molecule has 0 aromatic rings. The van der Waals surface area contributed by atoms with E-state index in [1.54, 1.807) is 28.4 Å². The van der Waals surface area contributed by atoms with Crippen LogP contribution in [0.15, 0.2) is 0 Å². The zero-order valence-corrected chi connectivity index (χ0v) is 13.5. The van der Waals surface area contributed by atoms with E-state index < -0.39 is 8.80 Å². The highest BCUT2D eigenvalue weighted by atomic mass is 28.4. The third kappa shape index (κ3) is 6.77. The molecule has 0 aliphatic heterocycles. The van der Waals surface area contributed by atoms with Crippen LogP contribution in [0.2, 0.25) is 18.1 Å². The fraction of sp³-hybridized carbons (Fsp3) is 1.00. The van der Waals surface area contributed by atoms with E-state index in [9.17, 15) is 0 Å². The summed E-state index contributed by atoms with van der Waals surface area (Å²) in [6, 6.07) is 3.65. The lowest BCUT2D eigenvalue weighted by Crippen LogP contribution is -2.42. The van der Waals surface area contributed by atoms with E-state index in [1.807, 2.05) is 0 Å². The molecule has 0 aromatic heterocycles. The van der Waals surface area contributed by atoms with Crippen LogP contribution < -0.4 is 0 Å². The smallest absolute Gasteiger partial charge is 0.385 e. The van der Waals surface area contributed by atoms with E-state index in [1.165, 1.54) is 24.9 Å². The van der Waals surface area contributed by atoms with Gasteiger partial charge in [0.05, 0.1) is 0 Å². The highest BCUT2D eigenvalue weighted by Crippen LogP contribution is 2.16. The molecule has 98 valence electrons. The Morgan fingerprint density at radius 3 is 1.94 bits per heavy atom. The van der Waals surface area contributed by atoms with Crippen LogP contribution in [0.25, 0.3) is 0 Å².